The molecular weight excluding hydrogens is 474 g/mol. The van der Waals surface area contributed by atoms with Crippen molar-refractivity contribution in [1.29, 1.82) is 0 Å². The Morgan fingerprint density at radius 3 is 2.46 bits per heavy atom. The first-order valence-electron chi connectivity index (χ1n) is 11.1. The van der Waals surface area contributed by atoms with Crippen LogP contribution in [0.4, 0.5) is 31.9 Å². The fourth-order valence-electron chi connectivity index (χ4n) is 3.63. The smallest absolute Gasteiger partial charge is 0.249 e. The number of anilines is 4. The molecule has 1 amide bonds. The molecule has 1 aliphatic heterocycles. The second kappa shape index (κ2) is 11.4. The van der Waals surface area contributed by atoms with E-state index in [0.29, 0.717) is 17.5 Å². The van der Waals surface area contributed by atoms with E-state index in [0.717, 1.165) is 48.6 Å². The van der Waals surface area contributed by atoms with Crippen molar-refractivity contribution in [3.05, 3.63) is 66.4 Å². The predicted octanol–water partition coefficient (Wildman–Crippen LogP) is 4.98. The molecule has 2 N–H and O–H groups in total. The van der Waals surface area contributed by atoms with E-state index in [2.05, 4.69) is 24.9 Å². The largest absolute Gasteiger partial charge is 0.340 e. The molecule has 0 radical (unpaired) electrons. The van der Waals surface area contributed by atoms with E-state index in [9.17, 15) is 13.6 Å². The summed E-state index contributed by atoms with van der Waals surface area (Å²) in [4.78, 5) is 26.9. The first kappa shape index (κ1) is 24.8. The summed E-state index contributed by atoms with van der Waals surface area (Å²) in [6, 6.07) is 13.1. The van der Waals surface area contributed by atoms with Gasteiger partial charge in [0.05, 0.1) is 7.11 Å². The normalized spacial score (nSPS) is 14.5. The molecule has 0 unspecified atom stereocenters. The van der Waals surface area contributed by atoms with E-state index >= 15 is 0 Å². The van der Waals surface area contributed by atoms with Crippen LogP contribution in [0.3, 0.4) is 0 Å². The molecule has 2 aromatic carbocycles. The third-order valence-corrected chi connectivity index (χ3v) is 6.69. The van der Waals surface area contributed by atoms with Crippen molar-refractivity contribution < 1.29 is 18.4 Å². The molecule has 1 aromatic heterocycles. The molecule has 0 spiro atoms. The second-order valence-corrected chi connectivity index (χ2v) is 9.15. The summed E-state index contributed by atoms with van der Waals surface area (Å²) < 4.78 is 28.8. The molecule has 1 aliphatic rings. The number of nitrogens with zero attached hydrogens (tertiary/aromatic N) is 4. The molecule has 8 nitrogen and oxygen atoms in total. The number of aromatic nitrogens is 2. The Labute approximate surface area is 206 Å². The lowest BCUT2D eigenvalue weighted by molar-refractivity contribution is -0.174. The topological polar surface area (TPSA) is 82.6 Å². The van der Waals surface area contributed by atoms with Gasteiger partial charge in [-0.3, -0.25) is 9.63 Å². The molecule has 184 valence electrons. The number of carbonyl (C=O) groups excluding carboxylic acids is 1. The summed E-state index contributed by atoms with van der Waals surface area (Å²) in [5.41, 5.74) is 1.19. The van der Waals surface area contributed by atoms with Gasteiger partial charge in [0.15, 0.2) is 11.6 Å². The van der Waals surface area contributed by atoms with Crippen molar-refractivity contribution in [2.24, 2.45) is 5.92 Å². The molecule has 4 rings (SSSR count). The van der Waals surface area contributed by atoms with Gasteiger partial charge in [0.1, 0.15) is 5.82 Å². The fourth-order valence-corrected chi connectivity index (χ4v) is 4.58. The van der Waals surface area contributed by atoms with E-state index < -0.39 is 11.6 Å². The van der Waals surface area contributed by atoms with Gasteiger partial charge < -0.3 is 10.6 Å². The van der Waals surface area contributed by atoms with Crippen molar-refractivity contribution in [2.45, 2.75) is 17.7 Å². The van der Waals surface area contributed by atoms with Crippen LogP contribution in [0.5, 0.6) is 0 Å². The molecule has 35 heavy (non-hydrogen) atoms. The van der Waals surface area contributed by atoms with Crippen LogP contribution in [0.25, 0.3) is 0 Å². The Balaban J connectivity index is 1.30. The average molecular weight is 501 g/mol. The Bertz CT molecular complexity index is 1160. The van der Waals surface area contributed by atoms with Gasteiger partial charge in [0.25, 0.3) is 0 Å². The third-order valence-electron chi connectivity index (χ3n) is 5.58. The van der Waals surface area contributed by atoms with Crippen LogP contribution in [0, 0.1) is 17.6 Å². The lowest BCUT2D eigenvalue weighted by atomic mass is 9.97. The zero-order valence-electron chi connectivity index (χ0n) is 19.4. The molecule has 2 heterocycles. The number of benzene rings is 2. The molecule has 0 aliphatic carbocycles. The summed E-state index contributed by atoms with van der Waals surface area (Å²) in [6.07, 6.45) is 3.16. The lowest BCUT2D eigenvalue weighted by Gasteiger charge is -2.31. The second-order valence-electron chi connectivity index (χ2n) is 7.98. The van der Waals surface area contributed by atoms with Gasteiger partial charge in [-0.05, 0) is 67.3 Å². The number of rotatable bonds is 8. The Kier molecular flexibility index (Phi) is 8.11. The number of hydroxylamine groups is 2. The number of hydrogen-bond acceptors (Lipinski definition) is 8. The number of amides is 1. The van der Waals surface area contributed by atoms with Crippen LogP contribution in [0.2, 0.25) is 0 Å². The van der Waals surface area contributed by atoms with E-state index in [1.54, 1.807) is 31.3 Å². The number of halogens is 2. The first-order valence-corrected chi connectivity index (χ1v) is 11.9. The monoisotopic (exact) mass is 500 g/mol. The average Bonchev–Trinajstić information content (AvgIpc) is 2.87. The zero-order chi connectivity index (χ0) is 24.8. The number of piperidine rings is 1. The fraction of sp³-hybridized carbons (Fsp3) is 0.292. The summed E-state index contributed by atoms with van der Waals surface area (Å²) in [6.45, 7) is 1.65. The quantitative estimate of drug-likeness (QED) is 0.331. The van der Waals surface area contributed by atoms with Crippen molar-refractivity contribution in [2.75, 3.05) is 37.9 Å². The van der Waals surface area contributed by atoms with E-state index in [4.69, 9.17) is 4.84 Å². The minimum Gasteiger partial charge on any atom is -0.340 e. The maximum atomic E-state index is 13.4. The van der Waals surface area contributed by atoms with Gasteiger partial charge in [0.2, 0.25) is 11.9 Å². The number of nitrogens with one attached hydrogen (secondary N) is 2. The van der Waals surface area contributed by atoms with Crippen molar-refractivity contribution in [3.63, 3.8) is 0 Å². The summed E-state index contributed by atoms with van der Waals surface area (Å²) in [5.74, 6) is -1.01. The minimum absolute atomic E-state index is 0.00397. The van der Waals surface area contributed by atoms with Crippen molar-refractivity contribution >= 4 is 41.0 Å². The molecule has 3 aromatic rings. The molecule has 0 atom stereocenters. The van der Waals surface area contributed by atoms with Gasteiger partial charge >= 0.3 is 0 Å². The van der Waals surface area contributed by atoms with Gasteiger partial charge in [-0.1, -0.05) is 0 Å². The van der Waals surface area contributed by atoms with E-state index in [-0.39, 0.29) is 11.8 Å². The van der Waals surface area contributed by atoms with Crippen LogP contribution >= 0.6 is 11.9 Å². The Morgan fingerprint density at radius 1 is 1.06 bits per heavy atom. The Morgan fingerprint density at radius 2 is 1.77 bits per heavy atom. The maximum absolute atomic E-state index is 13.4. The Hall–Kier alpha value is -3.28. The van der Waals surface area contributed by atoms with Crippen LogP contribution in [-0.4, -0.2) is 52.5 Å². The molecular formula is C24H26F2N6O2S. The summed E-state index contributed by atoms with van der Waals surface area (Å²) >= 11 is 1.66. The highest BCUT2D eigenvalue weighted by Gasteiger charge is 2.27. The highest BCUT2D eigenvalue weighted by Crippen LogP contribution is 2.30. The van der Waals surface area contributed by atoms with Gasteiger partial charge in [-0.15, -0.1) is 0 Å². The van der Waals surface area contributed by atoms with Gasteiger partial charge in [-0.2, -0.15) is 4.98 Å². The number of carbonyl (C=O) groups is 1. The molecule has 0 saturated carbocycles. The highest BCUT2D eigenvalue weighted by atomic mass is 32.2. The first-order chi connectivity index (χ1) is 16.9. The third kappa shape index (κ3) is 6.65. The van der Waals surface area contributed by atoms with Crippen molar-refractivity contribution in [1.82, 2.24) is 19.3 Å². The molecule has 0 bridgehead atoms. The lowest BCUT2D eigenvalue weighted by Crippen LogP contribution is -2.38. The predicted molar refractivity (Wildman–Crippen MR) is 131 cm³/mol. The van der Waals surface area contributed by atoms with Gasteiger partial charge in [-0.25, -0.2) is 23.1 Å². The zero-order valence-corrected chi connectivity index (χ0v) is 20.2. The molecule has 1 fully saturated rings. The minimum atomic E-state index is -0.933. The van der Waals surface area contributed by atoms with Crippen molar-refractivity contribution in [3.8, 4) is 0 Å². The van der Waals surface area contributed by atoms with E-state index in [1.165, 1.54) is 18.2 Å². The van der Waals surface area contributed by atoms with Crippen LogP contribution in [0.15, 0.2) is 59.6 Å². The number of hydrogen-bond donors (Lipinski definition) is 2. The molecule has 11 heteroatoms. The van der Waals surface area contributed by atoms with Crippen LogP contribution in [-0.2, 0) is 9.63 Å². The SMILES string of the molecule is CON(C)C(=O)C1CCN(Sc2ccc(Nc3nccc(Nc4ccc(F)c(F)c4)n3)cc2)CC1. The standard InChI is InChI=1S/C24H26F2N6O2S/c1-31(34-2)23(33)16-10-13-32(14-11-16)35-19-6-3-17(4-7-19)29-24-27-12-9-22(30-24)28-18-5-8-20(25)21(26)15-18/h3-9,12,15-16H,10-11,13-14H2,1-2H3,(H2,27,28,29,30). The summed E-state index contributed by atoms with van der Waals surface area (Å²) in [5, 5.41) is 7.38. The van der Waals surface area contributed by atoms with Crippen LogP contribution in [0.1, 0.15) is 12.8 Å². The van der Waals surface area contributed by atoms with Crippen LogP contribution < -0.4 is 10.6 Å². The highest BCUT2D eigenvalue weighted by molar-refractivity contribution is 7.97. The molecule has 1 saturated heterocycles. The van der Waals surface area contributed by atoms with Gasteiger partial charge in [0, 0.05) is 54.6 Å². The summed E-state index contributed by atoms with van der Waals surface area (Å²) in [7, 11) is 3.14. The van der Waals surface area contributed by atoms with E-state index in [1.807, 2.05) is 24.3 Å². The maximum Gasteiger partial charge on any atom is 0.249 e.